The van der Waals surface area contributed by atoms with Crippen LogP contribution in [0.5, 0.6) is 0 Å². The normalized spacial score (nSPS) is 21.9. The van der Waals surface area contributed by atoms with Crippen LogP contribution in [-0.2, 0) is 0 Å². The Balaban J connectivity index is 2.12. The summed E-state index contributed by atoms with van der Waals surface area (Å²) >= 11 is 0. The van der Waals surface area contributed by atoms with Crippen molar-refractivity contribution in [2.24, 2.45) is 5.41 Å². The highest BCUT2D eigenvalue weighted by Gasteiger charge is 2.38. The van der Waals surface area contributed by atoms with E-state index < -0.39 is 5.97 Å². The molecule has 2 aromatic rings. The van der Waals surface area contributed by atoms with Gasteiger partial charge in [-0.2, -0.15) is 0 Å². The molecular weight excluding hydrogens is 242 g/mol. The Hall–Kier alpha value is -1.84. The Labute approximate surface area is 111 Å². The zero-order chi connectivity index (χ0) is 13.6. The number of oxazole rings is 1. The predicted octanol–water partition coefficient (Wildman–Crippen LogP) is 3.82. The van der Waals surface area contributed by atoms with Gasteiger partial charge >= 0.3 is 5.97 Å². The van der Waals surface area contributed by atoms with Crippen LogP contribution >= 0.6 is 0 Å². The molecule has 1 heterocycles. The summed E-state index contributed by atoms with van der Waals surface area (Å²) in [6.45, 7) is 4.44. The molecule has 1 N–H and O–H groups in total. The minimum atomic E-state index is -0.962. The number of hydrogen-bond acceptors (Lipinski definition) is 3. The number of benzene rings is 1. The number of carboxylic acids is 1. The summed E-state index contributed by atoms with van der Waals surface area (Å²) in [4.78, 5) is 15.7. The van der Waals surface area contributed by atoms with Gasteiger partial charge in [-0.25, -0.2) is 9.78 Å². The van der Waals surface area contributed by atoms with E-state index >= 15 is 0 Å². The molecule has 4 heteroatoms. The first-order chi connectivity index (χ1) is 8.99. The van der Waals surface area contributed by atoms with Crippen LogP contribution in [0.15, 0.2) is 22.6 Å². The Morgan fingerprint density at radius 2 is 2.26 bits per heavy atom. The smallest absolute Gasteiger partial charge is 0.338 e. The lowest BCUT2D eigenvalue weighted by molar-refractivity contribution is 0.0699. The van der Waals surface area contributed by atoms with Crippen LogP contribution in [0.3, 0.4) is 0 Å². The van der Waals surface area contributed by atoms with E-state index in [1.165, 1.54) is 6.42 Å². The molecule has 0 radical (unpaired) electrons. The summed E-state index contributed by atoms with van der Waals surface area (Å²) in [5, 5.41) is 9.18. The van der Waals surface area contributed by atoms with Crippen molar-refractivity contribution in [3.05, 3.63) is 29.7 Å². The number of carboxylic acid groups (broad SMARTS) is 1. The van der Waals surface area contributed by atoms with E-state index in [0.717, 1.165) is 12.8 Å². The Bertz CT molecular complexity index is 642. The molecule has 100 valence electrons. The van der Waals surface area contributed by atoms with Crippen molar-refractivity contribution < 1.29 is 14.3 Å². The van der Waals surface area contributed by atoms with Crippen LogP contribution in [0.1, 0.15) is 55.3 Å². The molecule has 0 saturated heterocycles. The second-order valence-corrected chi connectivity index (χ2v) is 5.94. The summed E-state index contributed by atoms with van der Waals surface area (Å²) in [5.74, 6) is 0.00359. The fourth-order valence-electron chi connectivity index (χ4n) is 3.07. The number of fused-ring (bicyclic) bond motifs is 1. The van der Waals surface area contributed by atoms with Crippen LogP contribution in [-0.4, -0.2) is 16.1 Å². The van der Waals surface area contributed by atoms with Crippen LogP contribution in [0.2, 0.25) is 0 Å². The minimum absolute atomic E-state index is 0.171. The summed E-state index contributed by atoms with van der Waals surface area (Å²) in [5.41, 5.74) is 1.41. The number of carbonyl (C=O) groups is 1. The maximum atomic E-state index is 11.2. The summed E-state index contributed by atoms with van der Waals surface area (Å²) < 4.78 is 5.80. The summed E-state index contributed by atoms with van der Waals surface area (Å²) in [6, 6.07) is 5.04. The molecule has 0 amide bonds. The number of aromatic carboxylic acids is 1. The third-order valence-corrected chi connectivity index (χ3v) is 4.22. The molecule has 0 aliphatic heterocycles. The first-order valence-corrected chi connectivity index (χ1v) is 6.62. The molecule has 1 aliphatic carbocycles. The first kappa shape index (κ1) is 12.2. The lowest BCUT2D eigenvalue weighted by Gasteiger charge is -2.23. The molecule has 1 aromatic heterocycles. The molecule has 1 saturated carbocycles. The Morgan fingerprint density at radius 1 is 1.47 bits per heavy atom. The molecule has 1 fully saturated rings. The van der Waals surface area contributed by atoms with Gasteiger partial charge in [-0.05, 0) is 30.4 Å². The monoisotopic (exact) mass is 259 g/mol. The van der Waals surface area contributed by atoms with Gasteiger partial charge in [0, 0.05) is 5.92 Å². The van der Waals surface area contributed by atoms with E-state index in [2.05, 4.69) is 18.8 Å². The fourth-order valence-corrected chi connectivity index (χ4v) is 3.07. The van der Waals surface area contributed by atoms with Crippen LogP contribution in [0, 0.1) is 5.41 Å². The van der Waals surface area contributed by atoms with Crippen molar-refractivity contribution in [2.75, 3.05) is 0 Å². The van der Waals surface area contributed by atoms with Gasteiger partial charge in [-0.15, -0.1) is 0 Å². The van der Waals surface area contributed by atoms with E-state index in [1.54, 1.807) is 18.2 Å². The number of aromatic nitrogens is 1. The van der Waals surface area contributed by atoms with Crippen molar-refractivity contribution >= 4 is 17.1 Å². The largest absolute Gasteiger partial charge is 0.478 e. The van der Waals surface area contributed by atoms with Gasteiger partial charge in [0.25, 0.3) is 0 Å². The van der Waals surface area contributed by atoms with E-state index in [-0.39, 0.29) is 16.9 Å². The van der Waals surface area contributed by atoms with Crippen molar-refractivity contribution in [2.45, 2.75) is 39.0 Å². The highest BCUT2D eigenvalue weighted by Crippen LogP contribution is 2.48. The summed E-state index contributed by atoms with van der Waals surface area (Å²) in [7, 11) is 0. The molecular formula is C15H17NO3. The highest BCUT2D eigenvalue weighted by atomic mass is 16.4. The van der Waals surface area contributed by atoms with Gasteiger partial charge in [-0.1, -0.05) is 26.3 Å². The zero-order valence-electron chi connectivity index (χ0n) is 11.1. The van der Waals surface area contributed by atoms with Gasteiger partial charge in [0.15, 0.2) is 11.5 Å². The zero-order valence-corrected chi connectivity index (χ0v) is 11.1. The van der Waals surface area contributed by atoms with Crippen molar-refractivity contribution in [1.29, 1.82) is 0 Å². The SMILES string of the molecule is CC1(C)CCCC1c1nc2c(C(=O)O)cccc2o1. The van der Waals surface area contributed by atoms with Crippen molar-refractivity contribution in [1.82, 2.24) is 4.98 Å². The van der Waals surface area contributed by atoms with Crippen molar-refractivity contribution in [3.63, 3.8) is 0 Å². The van der Waals surface area contributed by atoms with Crippen LogP contribution in [0.25, 0.3) is 11.1 Å². The molecule has 1 aliphatic rings. The van der Waals surface area contributed by atoms with Gasteiger partial charge in [0.05, 0.1) is 5.56 Å². The molecule has 1 unspecified atom stereocenters. The van der Waals surface area contributed by atoms with E-state index in [0.29, 0.717) is 17.0 Å². The number of nitrogens with zero attached hydrogens (tertiary/aromatic N) is 1. The van der Waals surface area contributed by atoms with E-state index in [4.69, 9.17) is 4.42 Å². The predicted molar refractivity (Wildman–Crippen MR) is 71.3 cm³/mol. The lowest BCUT2D eigenvalue weighted by atomic mass is 9.82. The minimum Gasteiger partial charge on any atom is -0.478 e. The van der Waals surface area contributed by atoms with Crippen molar-refractivity contribution in [3.8, 4) is 0 Å². The Kier molecular flexibility index (Phi) is 2.62. The second-order valence-electron chi connectivity index (χ2n) is 5.94. The van der Waals surface area contributed by atoms with E-state index in [9.17, 15) is 9.90 Å². The maximum Gasteiger partial charge on any atom is 0.338 e. The lowest BCUT2D eigenvalue weighted by Crippen LogP contribution is -2.15. The third-order valence-electron chi connectivity index (χ3n) is 4.22. The van der Waals surface area contributed by atoms with Crippen LogP contribution in [0.4, 0.5) is 0 Å². The second kappa shape index (κ2) is 4.08. The number of rotatable bonds is 2. The highest BCUT2D eigenvalue weighted by molar-refractivity contribution is 6.00. The van der Waals surface area contributed by atoms with Crippen LogP contribution < -0.4 is 0 Å². The molecule has 4 nitrogen and oxygen atoms in total. The maximum absolute atomic E-state index is 11.2. The summed E-state index contributed by atoms with van der Waals surface area (Å²) in [6.07, 6.45) is 3.38. The van der Waals surface area contributed by atoms with E-state index in [1.807, 2.05) is 0 Å². The topological polar surface area (TPSA) is 63.3 Å². The quantitative estimate of drug-likeness (QED) is 0.890. The van der Waals surface area contributed by atoms with Gasteiger partial charge < -0.3 is 9.52 Å². The average molecular weight is 259 g/mol. The Morgan fingerprint density at radius 3 is 2.89 bits per heavy atom. The molecule has 1 atom stereocenters. The number of para-hydroxylation sites is 1. The average Bonchev–Trinajstić information content (AvgIpc) is 2.90. The third kappa shape index (κ3) is 1.91. The van der Waals surface area contributed by atoms with Gasteiger partial charge in [0.2, 0.25) is 0 Å². The first-order valence-electron chi connectivity index (χ1n) is 6.62. The number of hydrogen-bond donors (Lipinski definition) is 1. The molecule has 0 bridgehead atoms. The molecule has 1 aromatic carbocycles. The molecule has 0 spiro atoms. The standard InChI is InChI=1S/C15H17NO3/c1-15(2)8-4-6-10(15)13-16-12-9(14(17)18)5-3-7-11(12)19-13/h3,5,7,10H,4,6,8H2,1-2H3,(H,17,18). The molecule has 19 heavy (non-hydrogen) atoms. The molecule has 3 rings (SSSR count). The fraction of sp³-hybridized carbons (Fsp3) is 0.467. The van der Waals surface area contributed by atoms with Gasteiger partial charge in [-0.3, -0.25) is 0 Å². The van der Waals surface area contributed by atoms with Gasteiger partial charge in [0.1, 0.15) is 5.52 Å².